The van der Waals surface area contributed by atoms with E-state index in [1.54, 1.807) is 0 Å². The quantitative estimate of drug-likeness (QED) is 0.535. The van der Waals surface area contributed by atoms with Crippen molar-refractivity contribution in [1.29, 1.82) is 0 Å². The third-order valence-corrected chi connectivity index (χ3v) is 5.64. The predicted octanol–water partition coefficient (Wildman–Crippen LogP) is 4.91. The lowest BCUT2D eigenvalue weighted by Crippen LogP contribution is -2.40. The van der Waals surface area contributed by atoms with E-state index in [4.69, 9.17) is 30.5 Å². The number of fused-ring (bicyclic) bond motifs is 2. The van der Waals surface area contributed by atoms with E-state index < -0.39 is 11.8 Å². The Bertz CT molecular complexity index is 1150. The Hall–Kier alpha value is -3.65. The van der Waals surface area contributed by atoms with Crippen molar-refractivity contribution in [2.24, 2.45) is 0 Å². The van der Waals surface area contributed by atoms with Gasteiger partial charge < -0.3 is 29.6 Å². The summed E-state index contributed by atoms with van der Waals surface area (Å²) in [6, 6.07) is 14.8. The highest BCUT2D eigenvalue weighted by molar-refractivity contribution is 6.31. The van der Waals surface area contributed by atoms with Gasteiger partial charge in [-0.1, -0.05) is 23.7 Å². The third-order valence-electron chi connectivity index (χ3n) is 5.35. The van der Waals surface area contributed by atoms with Crippen LogP contribution < -0.4 is 29.6 Å². The number of nitrogens with one attached hydrogen (secondary N) is 2. The normalized spacial score (nSPS) is 13.3. The van der Waals surface area contributed by atoms with E-state index in [0.717, 1.165) is 11.1 Å². The van der Waals surface area contributed by atoms with Gasteiger partial charge in [-0.3, -0.25) is 0 Å². The van der Waals surface area contributed by atoms with Gasteiger partial charge in [0, 0.05) is 11.7 Å². The first-order valence-electron chi connectivity index (χ1n) is 10.3. The second kappa shape index (κ2) is 9.07. The lowest BCUT2D eigenvalue weighted by atomic mass is 9.98. The maximum Gasteiger partial charge on any atom is 0.319 e. The minimum absolute atomic E-state index is 0.0648. The lowest BCUT2D eigenvalue weighted by molar-refractivity contribution is 0.173. The molecule has 7 nitrogen and oxygen atoms in total. The van der Waals surface area contributed by atoms with Crippen molar-refractivity contribution in [2.75, 3.05) is 18.9 Å². The monoisotopic (exact) mass is 470 g/mol. The van der Waals surface area contributed by atoms with Gasteiger partial charge in [-0.2, -0.15) is 0 Å². The molecule has 0 saturated heterocycles. The van der Waals surface area contributed by atoms with E-state index in [9.17, 15) is 9.18 Å². The van der Waals surface area contributed by atoms with Gasteiger partial charge in [0.15, 0.2) is 23.0 Å². The number of hydrogen-bond donors (Lipinski definition) is 2. The smallest absolute Gasteiger partial charge is 0.319 e. The highest BCUT2D eigenvalue weighted by Gasteiger charge is 2.20. The summed E-state index contributed by atoms with van der Waals surface area (Å²) in [5.74, 6) is 2.21. The van der Waals surface area contributed by atoms with Gasteiger partial charge in [0.1, 0.15) is 5.82 Å². The van der Waals surface area contributed by atoms with Crippen molar-refractivity contribution in [1.82, 2.24) is 5.32 Å². The summed E-state index contributed by atoms with van der Waals surface area (Å²) in [6.07, 6.45) is 1.09. The molecule has 0 aromatic heterocycles. The number of benzene rings is 3. The Kier molecular flexibility index (Phi) is 5.83. The van der Waals surface area contributed by atoms with Crippen LogP contribution in [0.5, 0.6) is 23.0 Å². The second-order valence-electron chi connectivity index (χ2n) is 7.71. The number of ether oxygens (including phenoxy) is 4. The number of urea groups is 1. The van der Waals surface area contributed by atoms with Crippen LogP contribution in [0, 0.1) is 5.82 Å². The molecule has 2 heterocycles. The number of rotatable bonds is 6. The summed E-state index contributed by atoms with van der Waals surface area (Å²) in [6.45, 7) is 0.389. The van der Waals surface area contributed by atoms with Gasteiger partial charge in [0.25, 0.3) is 0 Å². The summed E-state index contributed by atoms with van der Waals surface area (Å²) in [4.78, 5) is 12.7. The molecule has 2 N–H and O–H groups in total. The van der Waals surface area contributed by atoms with Crippen molar-refractivity contribution in [3.05, 3.63) is 76.6 Å². The third kappa shape index (κ3) is 4.90. The zero-order valence-electron chi connectivity index (χ0n) is 17.4. The maximum atomic E-state index is 13.4. The zero-order valence-corrected chi connectivity index (χ0v) is 18.2. The molecule has 0 atom stereocenters. The first kappa shape index (κ1) is 21.2. The number of amides is 2. The predicted molar refractivity (Wildman–Crippen MR) is 120 cm³/mol. The molecule has 33 heavy (non-hydrogen) atoms. The van der Waals surface area contributed by atoms with Crippen LogP contribution >= 0.6 is 11.6 Å². The topological polar surface area (TPSA) is 78.1 Å². The van der Waals surface area contributed by atoms with Crippen molar-refractivity contribution in [2.45, 2.75) is 18.9 Å². The lowest BCUT2D eigenvalue weighted by Gasteiger charge is -2.20. The number of halogens is 2. The number of carbonyl (C=O) groups is 1. The highest BCUT2D eigenvalue weighted by Crippen LogP contribution is 2.34. The average Bonchev–Trinajstić information content (AvgIpc) is 3.44. The van der Waals surface area contributed by atoms with Gasteiger partial charge in [0.05, 0.1) is 5.02 Å². The molecule has 3 aromatic carbocycles. The van der Waals surface area contributed by atoms with E-state index in [1.807, 2.05) is 36.4 Å². The first-order chi connectivity index (χ1) is 16.0. The van der Waals surface area contributed by atoms with Gasteiger partial charge in [-0.25, -0.2) is 9.18 Å². The van der Waals surface area contributed by atoms with Crippen molar-refractivity contribution < 1.29 is 28.1 Å². The van der Waals surface area contributed by atoms with Crippen LogP contribution in [-0.2, 0) is 12.8 Å². The summed E-state index contributed by atoms with van der Waals surface area (Å²) in [5.41, 5.74) is 2.36. The van der Waals surface area contributed by atoms with Crippen molar-refractivity contribution in [3.8, 4) is 23.0 Å². The molecule has 0 unspecified atom stereocenters. The van der Waals surface area contributed by atoms with E-state index >= 15 is 0 Å². The molecule has 9 heteroatoms. The second-order valence-corrected chi connectivity index (χ2v) is 8.11. The number of anilines is 1. The summed E-state index contributed by atoms with van der Waals surface area (Å²) < 4.78 is 35.1. The molecule has 0 aliphatic carbocycles. The molecule has 170 valence electrons. The Morgan fingerprint density at radius 2 is 1.42 bits per heavy atom. The van der Waals surface area contributed by atoms with Gasteiger partial charge in [-0.15, -0.1) is 0 Å². The molecule has 5 rings (SSSR count). The van der Waals surface area contributed by atoms with Crippen LogP contribution in [0.25, 0.3) is 0 Å². The average molecular weight is 471 g/mol. The van der Waals surface area contributed by atoms with Crippen LogP contribution in [0.2, 0.25) is 5.02 Å². The Balaban J connectivity index is 1.33. The Morgan fingerprint density at radius 3 is 2.00 bits per heavy atom. The van der Waals surface area contributed by atoms with E-state index in [0.29, 0.717) is 41.5 Å². The van der Waals surface area contributed by atoms with Crippen LogP contribution in [0.15, 0.2) is 54.6 Å². The summed E-state index contributed by atoms with van der Waals surface area (Å²) in [7, 11) is 0. The number of carbonyl (C=O) groups excluding carboxylic acids is 1. The Morgan fingerprint density at radius 1 is 0.848 bits per heavy atom. The fraction of sp³-hybridized carbons (Fsp3) is 0.208. The fourth-order valence-corrected chi connectivity index (χ4v) is 3.99. The summed E-state index contributed by atoms with van der Waals surface area (Å²) in [5, 5.41) is 5.64. The molecule has 2 aliphatic heterocycles. The molecule has 0 spiro atoms. The Labute approximate surface area is 194 Å². The largest absolute Gasteiger partial charge is 0.454 e. The van der Waals surface area contributed by atoms with Gasteiger partial charge >= 0.3 is 6.03 Å². The van der Waals surface area contributed by atoms with E-state index in [2.05, 4.69) is 10.6 Å². The SMILES string of the molecule is O=C(Nc1ccc(F)c(Cl)c1)NC(Cc1ccc2c(c1)OCO2)Cc1ccc2c(c1)OCO2. The molecule has 0 fully saturated rings. The molecule has 0 radical (unpaired) electrons. The van der Waals surface area contributed by atoms with Crippen molar-refractivity contribution >= 4 is 23.3 Å². The molecule has 2 amide bonds. The standard InChI is InChI=1S/C24H20ClFN2O5/c25-18-11-16(3-4-19(18)26)27-24(29)28-17(7-14-1-5-20-22(9-14)32-12-30-20)8-15-2-6-21-23(10-15)33-13-31-21/h1-6,9-11,17H,7-8,12-13H2,(H2,27,28,29). The molecule has 3 aromatic rings. The summed E-state index contributed by atoms with van der Waals surface area (Å²) >= 11 is 5.82. The minimum atomic E-state index is -0.550. The first-order valence-corrected chi connectivity index (χ1v) is 10.7. The van der Waals surface area contributed by atoms with Crippen molar-refractivity contribution in [3.63, 3.8) is 0 Å². The van der Waals surface area contributed by atoms with Crippen LogP contribution in [0.4, 0.5) is 14.9 Å². The highest BCUT2D eigenvalue weighted by atomic mass is 35.5. The van der Waals surface area contributed by atoms with Crippen LogP contribution in [0.1, 0.15) is 11.1 Å². The fourth-order valence-electron chi connectivity index (χ4n) is 3.81. The molecule has 0 saturated carbocycles. The molecule has 2 aliphatic rings. The van der Waals surface area contributed by atoms with Gasteiger partial charge in [0.2, 0.25) is 13.6 Å². The minimum Gasteiger partial charge on any atom is -0.454 e. The molecular formula is C24H20ClFN2O5. The molecule has 0 bridgehead atoms. The number of hydrogen-bond acceptors (Lipinski definition) is 5. The molecular weight excluding hydrogens is 451 g/mol. The van der Waals surface area contributed by atoms with Crippen LogP contribution in [0.3, 0.4) is 0 Å². The van der Waals surface area contributed by atoms with E-state index in [-0.39, 0.29) is 24.7 Å². The van der Waals surface area contributed by atoms with E-state index in [1.165, 1.54) is 18.2 Å². The van der Waals surface area contributed by atoms with Crippen LogP contribution in [-0.4, -0.2) is 25.7 Å². The van der Waals surface area contributed by atoms with Gasteiger partial charge in [-0.05, 0) is 66.4 Å². The maximum absolute atomic E-state index is 13.4. The zero-order chi connectivity index (χ0) is 22.8.